The summed E-state index contributed by atoms with van der Waals surface area (Å²) in [5.74, 6) is 1.67. The van der Waals surface area contributed by atoms with Gasteiger partial charge in [0.15, 0.2) is 0 Å². The van der Waals surface area contributed by atoms with Crippen molar-refractivity contribution in [3.8, 4) is 0 Å². The molecule has 0 saturated heterocycles. The predicted molar refractivity (Wildman–Crippen MR) is 71.2 cm³/mol. The van der Waals surface area contributed by atoms with Crippen LogP contribution in [0.3, 0.4) is 0 Å². The molecule has 0 atom stereocenters. The van der Waals surface area contributed by atoms with E-state index in [0.29, 0.717) is 0 Å². The summed E-state index contributed by atoms with van der Waals surface area (Å²) in [6, 6.07) is 0. The number of rotatable bonds is 5. The Morgan fingerprint density at radius 1 is 1.25 bits per heavy atom. The van der Waals surface area contributed by atoms with E-state index in [1.807, 2.05) is 0 Å². The Balaban J connectivity index is 2.53. The van der Waals surface area contributed by atoms with E-state index in [9.17, 15) is 0 Å². The smallest absolute Gasteiger partial charge is 0.202 e. The Hall–Kier alpha value is -0.640. The van der Waals surface area contributed by atoms with Gasteiger partial charge < -0.3 is 5.32 Å². The SMILES string of the molecule is CCC(CC)CNc1nc(C(C)(C)C)ns1. The first-order chi connectivity index (χ1) is 7.47. The lowest BCUT2D eigenvalue weighted by atomic mass is 9.96. The van der Waals surface area contributed by atoms with Gasteiger partial charge in [0, 0.05) is 23.5 Å². The molecule has 0 spiro atoms. The van der Waals surface area contributed by atoms with Crippen LogP contribution in [0, 0.1) is 5.92 Å². The van der Waals surface area contributed by atoms with Gasteiger partial charge in [-0.3, -0.25) is 0 Å². The van der Waals surface area contributed by atoms with E-state index in [-0.39, 0.29) is 5.41 Å². The molecule has 0 bridgehead atoms. The van der Waals surface area contributed by atoms with Gasteiger partial charge in [-0.25, -0.2) is 4.98 Å². The molecule has 0 fully saturated rings. The third-order valence-corrected chi connectivity index (χ3v) is 3.47. The lowest BCUT2D eigenvalue weighted by Crippen LogP contribution is -2.15. The third kappa shape index (κ3) is 3.74. The van der Waals surface area contributed by atoms with Gasteiger partial charge in [-0.2, -0.15) is 4.37 Å². The van der Waals surface area contributed by atoms with Gasteiger partial charge in [-0.05, 0) is 5.92 Å². The van der Waals surface area contributed by atoms with Crippen LogP contribution in [0.15, 0.2) is 0 Å². The van der Waals surface area contributed by atoms with E-state index in [0.717, 1.165) is 23.4 Å². The first kappa shape index (κ1) is 13.4. The quantitative estimate of drug-likeness (QED) is 0.854. The van der Waals surface area contributed by atoms with Crippen LogP contribution in [-0.2, 0) is 5.41 Å². The molecule has 1 aromatic heterocycles. The van der Waals surface area contributed by atoms with Gasteiger partial charge in [0.1, 0.15) is 5.82 Å². The molecule has 4 heteroatoms. The molecular formula is C12H23N3S. The largest absolute Gasteiger partial charge is 0.360 e. The zero-order valence-electron chi connectivity index (χ0n) is 11.0. The molecule has 3 nitrogen and oxygen atoms in total. The maximum absolute atomic E-state index is 4.52. The Bertz CT molecular complexity index is 310. The molecule has 0 aliphatic rings. The standard InChI is InChI=1S/C12H23N3S/c1-6-9(7-2)8-13-11-14-10(15-16-11)12(3,4)5/h9H,6-8H2,1-5H3,(H,13,14,15). The summed E-state index contributed by atoms with van der Waals surface area (Å²) in [6.07, 6.45) is 2.43. The van der Waals surface area contributed by atoms with Crippen molar-refractivity contribution in [2.24, 2.45) is 5.92 Å². The molecule has 0 aliphatic heterocycles. The third-order valence-electron chi connectivity index (χ3n) is 2.79. The fourth-order valence-electron chi connectivity index (χ4n) is 1.41. The molecule has 0 amide bonds. The van der Waals surface area contributed by atoms with E-state index in [2.05, 4.69) is 49.3 Å². The van der Waals surface area contributed by atoms with Crippen molar-refractivity contribution in [2.75, 3.05) is 11.9 Å². The molecule has 0 aromatic carbocycles. The van der Waals surface area contributed by atoms with E-state index in [1.165, 1.54) is 24.4 Å². The molecule has 1 rings (SSSR count). The number of hydrogen-bond acceptors (Lipinski definition) is 4. The van der Waals surface area contributed by atoms with Gasteiger partial charge in [0.2, 0.25) is 5.13 Å². The second kappa shape index (κ2) is 5.62. The normalized spacial score (nSPS) is 12.1. The topological polar surface area (TPSA) is 37.8 Å². The summed E-state index contributed by atoms with van der Waals surface area (Å²) >= 11 is 1.47. The van der Waals surface area contributed by atoms with E-state index < -0.39 is 0 Å². The highest BCUT2D eigenvalue weighted by molar-refractivity contribution is 7.09. The Morgan fingerprint density at radius 2 is 1.88 bits per heavy atom. The van der Waals surface area contributed by atoms with Crippen molar-refractivity contribution < 1.29 is 0 Å². The van der Waals surface area contributed by atoms with Crippen molar-refractivity contribution in [1.29, 1.82) is 0 Å². The minimum Gasteiger partial charge on any atom is -0.360 e. The molecule has 1 heterocycles. The van der Waals surface area contributed by atoms with Gasteiger partial charge in [-0.1, -0.05) is 47.5 Å². The highest BCUT2D eigenvalue weighted by Crippen LogP contribution is 2.23. The average molecular weight is 241 g/mol. The van der Waals surface area contributed by atoms with E-state index in [1.54, 1.807) is 0 Å². The van der Waals surface area contributed by atoms with Crippen molar-refractivity contribution in [2.45, 2.75) is 52.9 Å². The Kier molecular flexibility index (Phi) is 4.71. The van der Waals surface area contributed by atoms with Gasteiger partial charge in [0.05, 0.1) is 0 Å². The van der Waals surface area contributed by atoms with Gasteiger partial charge in [0.25, 0.3) is 0 Å². The van der Waals surface area contributed by atoms with Crippen molar-refractivity contribution in [1.82, 2.24) is 9.36 Å². The molecule has 0 aliphatic carbocycles. The van der Waals surface area contributed by atoms with Crippen molar-refractivity contribution >= 4 is 16.7 Å². The minimum absolute atomic E-state index is 0.0470. The second-order valence-electron chi connectivity index (χ2n) is 5.24. The number of hydrogen-bond donors (Lipinski definition) is 1. The van der Waals surface area contributed by atoms with Crippen LogP contribution in [0.25, 0.3) is 0 Å². The van der Waals surface area contributed by atoms with Crippen molar-refractivity contribution in [3.63, 3.8) is 0 Å². The lowest BCUT2D eigenvalue weighted by Gasteiger charge is -2.13. The van der Waals surface area contributed by atoms with Crippen LogP contribution in [0.2, 0.25) is 0 Å². The number of aromatic nitrogens is 2. The van der Waals surface area contributed by atoms with Crippen LogP contribution in [0.4, 0.5) is 5.13 Å². The summed E-state index contributed by atoms with van der Waals surface area (Å²) in [4.78, 5) is 4.52. The van der Waals surface area contributed by atoms with E-state index >= 15 is 0 Å². The maximum atomic E-state index is 4.52. The lowest BCUT2D eigenvalue weighted by molar-refractivity contribution is 0.518. The first-order valence-corrected chi connectivity index (χ1v) is 6.82. The highest BCUT2D eigenvalue weighted by Gasteiger charge is 2.19. The van der Waals surface area contributed by atoms with Crippen molar-refractivity contribution in [3.05, 3.63) is 5.82 Å². The zero-order chi connectivity index (χ0) is 12.2. The molecular weight excluding hydrogens is 218 g/mol. The molecule has 1 N–H and O–H groups in total. The van der Waals surface area contributed by atoms with Crippen LogP contribution in [0.5, 0.6) is 0 Å². The van der Waals surface area contributed by atoms with Crippen LogP contribution >= 0.6 is 11.5 Å². The fourth-order valence-corrected chi connectivity index (χ4v) is 2.17. The zero-order valence-corrected chi connectivity index (χ0v) is 11.8. The predicted octanol–water partition coefficient (Wildman–Crippen LogP) is 3.68. The minimum atomic E-state index is 0.0470. The van der Waals surface area contributed by atoms with Gasteiger partial charge >= 0.3 is 0 Å². The number of nitrogens with zero attached hydrogens (tertiary/aromatic N) is 2. The van der Waals surface area contributed by atoms with E-state index in [4.69, 9.17) is 0 Å². The maximum Gasteiger partial charge on any atom is 0.202 e. The highest BCUT2D eigenvalue weighted by atomic mass is 32.1. The van der Waals surface area contributed by atoms with Crippen LogP contribution < -0.4 is 5.32 Å². The molecule has 0 saturated carbocycles. The molecule has 92 valence electrons. The fraction of sp³-hybridized carbons (Fsp3) is 0.833. The average Bonchev–Trinajstić information content (AvgIpc) is 2.67. The van der Waals surface area contributed by atoms with Gasteiger partial charge in [-0.15, -0.1) is 0 Å². The molecule has 1 aromatic rings. The molecule has 16 heavy (non-hydrogen) atoms. The summed E-state index contributed by atoms with van der Waals surface area (Å²) in [5, 5.41) is 4.34. The van der Waals surface area contributed by atoms with Crippen LogP contribution in [-0.4, -0.2) is 15.9 Å². The summed E-state index contributed by atoms with van der Waals surface area (Å²) in [5.41, 5.74) is 0.0470. The Labute approximate surface area is 103 Å². The Morgan fingerprint density at radius 3 is 2.31 bits per heavy atom. The van der Waals surface area contributed by atoms with Crippen LogP contribution in [0.1, 0.15) is 53.3 Å². The molecule has 0 radical (unpaired) electrons. The second-order valence-corrected chi connectivity index (χ2v) is 5.99. The summed E-state index contributed by atoms with van der Waals surface area (Å²) in [7, 11) is 0. The monoisotopic (exact) mass is 241 g/mol. The number of anilines is 1. The summed E-state index contributed by atoms with van der Waals surface area (Å²) < 4.78 is 4.39. The first-order valence-electron chi connectivity index (χ1n) is 6.05. The molecule has 0 unspecified atom stereocenters. The number of nitrogens with one attached hydrogen (secondary N) is 1. The summed E-state index contributed by atoms with van der Waals surface area (Å²) in [6.45, 7) is 11.9.